The van der Waals surface area contributed by atoms with Gasteiger partial charge in [-0.15, -0.1) is 35.3 Å². The lowest BCUT2D eigenvalue weighted by Crippen LogP contribution is -2.36. The number of thiazole rings is 1. The summed E-state index contributed by atoms with van der Waals surface area (Å²) < 4.78 is 0. The first-order valence-corrected chi connectivity index (χ1v) is 7.33. The fourth-order valence-electron chi connectivity index (χ4n) is 1.73. The number of halogens is 1. The van der Waals surface area contributed by atoms with Gasteiger partial charge in [0.05, 0.1) is 18.8 Å². The lowest BCUT2D eigenvalue weighted by molar-refractivity contribution is 0.786. The molecule has 0 fully saturated rings. The Bertz CT molecular complexity index is 597. The summed E-state index contributed by atoms with van der Waals surface area (Å²) in [6, 6.07) is 4.00. The highest BCUT2D eigenvalue weighted by Crippen LogP contribution is 2.07. The fraction of sp³-hybridized carbons (Fsp3) is 0.357. The molecule has 2 aromatic heterocycles. The minimum absolute atomic E-state index is 0. The van der Waals surface area contributed by atoms with Crippen LogP contribution < -0.4 is 10.6 Å². The third-order valence-corrected chi connectivity index (χ3v) is 3.81. The minimum Gasteiger partial charge on any atom is -0.351 e. The lowest BCUT2D eigenvalue weighted by Gasteiger charge is -2.11. The van der Waals surface area contributed by atoms with Gasteiger partial charge in [0, 0.05) is 24.3 Å². The van der Waals surface area contributed by atoms with Gasteiger partial charge < -0.3 is 10.6 Å². The van der Waals surface area contributed by atoms with Gasteiger partial charge in [0.25, 0.3) is 0 Å². The maximum absolute atomic E-state index is 4.41. The van der Waals surface area contributed by atoms with Crippen molar-refractivity contribution in [1.82, 2.24) is 20.6 Å². The SMILES string of the molecule is CN=C(NCc1nc(C)cs1)NCc1ncccc1C.I. The zero-order valence-corrected chi connectivity index (χ0v) is 15.5. The van der Waals surface area contributed by atoms with Crippen molar-refractivity contribution in [2.45, 2.75) is 26.9 Å². The van der Waals surface area contributed by atoms with Crippen molar-refractivity contribution < 1.29 is 0 Å². The Hall–Kier alpha value is -1.22. The van der Waals surface area contributed by atoms with Gasteiger partial charge in [0.15, 0.2) is 5.96 Å². The summed E-state index contributed by atoms with van der Waals surface area (Å²) in [5.74, 6) is 0.753. The summed E-state index contributed by atoms with van der Waals surface area (Å²) in [6.45, 7) is 5.39. The van der Waals surface area contributed by atoms with Gasteiger partial charge in [0.2, 0.25) is 0 Å². The number of pyridine rings is 1. The molecule has 7 heteroatoms. The summed E-state index contributed by atoms with van der Waals surface area (Å²) in [4.78, 5) is 13.0. The molecule has 2 aromatic rings. The quantitative estimate of drug-likeness (QED) is 0.456. The van der Waals surface area contributed by atoms with Crippen LogP contribution in [0, 0.1) is 13.8 Å². The van der Waals surface area contributed by atoms with E-state index in [4.69, 9.17) is 0 Å². The standard InChI is InChI=1S/C14H19N5S.HI/c1-10-5-4-6-16-12(10)7-17-14(15-3)18-8-13-19-11(2)9-20-13;/h4-6,9H,7-8H2,1-3H3,(H2,15,17,18);1H. The fourth-order valence-corrected chi connectivity index (χ4v) is 2.45. The highest BCUT2D eigenvalue weighted by molar-refractivity contribution is 14.0. The molecule has 0 aliphatic rings. The molecule has 0 aliphatic heterocycles. The Balaban J connectivity index is 0.00000220. The number of hydrogen-bond acceptors (Lipinski definition) is 4. The van der Waals surface area contributed by atoms with E-state index in [2.05, 4.69) is 38.6 Å². The van der Waals surface area contributed by atoms with E-state index in [1.807, 2.05) is 18.4 Å². The predicted molar refractivity (Wildman–Crippen MR) is 98.3 cm³/mol. The average molecular weight is 417 g/mol. The molecule has 21 heavy (non-hydrogen) atoms. The number of nitrogens with one attached hydrogen (secondary N) is 2. The van der Waals surface area contributed by atoms with E-state index in [-0.39, 0.29) is 24.0 Å². The van der Waals surface area contributed by atoms with Crippen molar-refractivity contribution in [3.63, 3.8) is 0 Å². The summed E-state index contributed by atoms with van der Waals surface area (Å²) in [5, 5.41) is 9.61. The third-order valence-electron chi connectivity index (χ3n) is 2.84. The Morgan fingerprint density at radius 2 is 2.05 bits per heavy atom. The predicted octanol–water partition coefficient (Wildman–Crippen LogP) is 2.64. The van der Waals surface area contributed by atoms with Crippen molar-refractivity contribution in [1.29, 1.82) is 0 Å². The zero-order chi connectivity index (χ0) is 14.4. The summed E-state index contributed by atoms with van der Waals surface area (Å²) >= 11 is 1.65. The van der Waals surface area contributed by atoms with Crippen LogP contribution in [0.4, 0.5) is 0 Å². The van der Waals surface area contributed by atoms with Crippen molar-refractivity contribution in [2.24, 2.45) is 4.99 Å². The van der Waals surface area contributed by atoms with E-state index in [0.29, 0.717) is 13.1 Å². The molecule has 0 atom stereocenters. The molecular weight excluding hydrogens is 397 g/mol. The molecule has 0 aliphatic carbocycles. The maximum Gasteiger partial charge on any atom is 0.191 e. The summed E-state index contributed by atoms with van der Waals surface area (Å²) in [7, 11) is 1.76. The van der Waals surface area contributed by atoms with Gasteiger partial charge in [-0.1, -0.05) is 6.07 Å². The van der Waals surface area contributed by atoms with E-state index in [1.54, 1.807) is 24.6 Å². The number of rotatable bonds is 4. The maximum atomic E-state index is 4.41. The van der Waals surface area contributed by atoms with Crippen LogP contribution in [0.15, 0.2) is 28.7 Å². The first-order valence-electron chi connectivity index (χ1n) is 6.45. The van der Waals surface area contributed by atoms with E-state index in [1.165, 1.54) is 5.56 Å². The van der Waals surface area contributed by atoms with E-state index < -0.39 is 0 Å². The molecule has 5 nitrogen and oxygen atoms in total. The normalized spacial score (nSPS) is 10.9. The van der Waals surface area contributed by atoms with Crippen LogP contribution in [0.5, 0.6) is 0 Å². The second-order valence-electron chi connectivity index (χ2n) is 4.43. The summed E-state index contributed by atoms with van der Waals surface area (Å²) in [5.41, 5.74) is 3.26. The largest absolute Gasteiger partial charge is 0.351 e. The Kier molecular flexibility index (Phi) is 7.58. The van der Waals surface area contributed by atoms with Crippen LogP contribution in [0.2, 0.25) is 0 Å². The number of aryl methyl sites for hydroxylation is 2. The van der Waals surface area contributed by atoms with Gasteiger partial charge >= 0.3 is 0 Å². The van der Waals surface area contributed by atoms with Gasteiger partial charge in [-0.25, -0.2) is 4.98 Å². The Morgan fingerprint density at radius 1 is 1.29 bits per heavy atom. The molecule has 0 unspecified atom stereocenters. The van der Waals surface area contributed by atoms with Crippen LogP contribution in [-0.2, 0) is 13.1 Å². The number of aromatic nitrogens is 2. The third kappa shape index (κ3) is 5.58. The monoisotopic (exact) mass is 417 g/mol. The zero-order valence-electron chi connectivity index (χ0n) is 12.4. The number of aliphatic imine (C=N–C) groups is 1. The highest BCUT2D eigenvalue weighted by atomic mass is 127. The molecule has 0 aromatic carbocycles. The second-order valence-corrected chi connectivity index (χ2v) is 5.37. The van der Waals surface area contributed by atoms with Crippen LogP contribution in [0.1, 0.15) is 22.0 Å². The van der Waals surface area contributed by atoms with Gasteiger partial charge in [-0.3, -0.25) is 9.98 Å². The molecule has 114 valence electrons. The molecule has 0 saturated carbocycles. The van der Waals surface area contributed by atoms with Crippen molar-refractivity contribution in [2.75, 3.05) is 7.05 Å². The van der Waals surface area contributed by atoms with E-state index in [0.717, 1.165) is 22.4 Å². The van der Waals surface area contributed by atoms with Gasteiger partial charge in [-0.2, -0.15) is 0 Å². The molecule has 0 bridgehead atoms. The molecular formula is C14H20IN5S. The Labute approximate surface area is 146 Å². The first kappa shape index (κ1) is 17.8. The van der Waals surface area contributed by atoms with Crippen LogP contribution in [-0.4, -0.2) is 23.0 Å². The second kappa shape index (κ2) is 8.93. The molecule has 0 radical (unpaired) electrons. The smallest absolute Gasteiger partial charge is 0.191 e. The van der Waals surface area contributed by atoms with Gasteiger partial charge in [-0.05, 0) is 25.5 Å². The molecule has 0 amide bonds. The number of guanidine groups is 1. The number of hydrogen-bond donors (Lipinski definition) is 2. The van der Waals surface area contributed by atoms with Gasteiger partial charge in [0.1, 0.15) is 5.01 Å². The van der Waals surface area contributed by atoms with E-state index in [9.17, 15) is 0 Å². The van der Waals surface area contributed by atoms with Crippen molar-refractivity contribution >= 4 is 41.3 Å². The molecule has 0 saturated heterocycles. The van der Waals surface area contributed by atoms with Crippen molar-refractivity contribution in [3.05, 3.63) is 45.7 Å². The first-order chi connectivity index (χ1) is 9.69. The summed E-state index contributed by atoms with van der Waals surface area (Å²) in [6.07, 6.45) is 1.80. The topological polar surface area (TPSA) is 62.2 Å². The molecule has 0 spiro atoms. The molecule has 2 rings (SSSR count). The highest BCUT2D eigenvalue weighted by Gasteiger charge is 2.03. The van der Waals surface area contributed by atoms with Crippen LogP contribution >= 0.6 is 35.3 Å². The Morgan fingerprint density at radius 3 is 2.67 bits per heavy atom. The molecule has 2 heterocycles. The van der Waals surface area contributed by atoms with Crippen molar-refractivity contribution in [3.8, 4) is 0 Å². The molecule has 2 N–H and O–H groups in total. The average Bonchev–Trinajstić information content (AvgIpc) is 2.86. The number of nitrogens with zero attached hydrogens (tertiary/aromatic N) is 3. The van der Waals surface area contributed by atoms with E-state index >= 15 is 0 Å². The lowest BCUT2D eigenvalue weighted by atomic mass is 10.2. The van der Waals surface area contributed by atoms with Crippen LogP contribution in [0.25, 0.3) is 0 Å². The minimum atomic E-state index is 0. The van der Waals surface area contributed by atoms with Crippen LogP contribution in [0.3, 0.4) is 0 Å².